The van der Waals surface area contributed by atoms with E-state index in [9.17, 15) is 8.42 Å². The maximum Gasteiger partial charge on any atom is 0.252 e. The van der Waals surface area contributed by atoms with Gasteiger partial charge in [-0.05, 0) is 53.8 Å². The fraction of sp³-hybridized carbons (Fsp3) is 0.667. The van der Waals surface area contributed by atoms with Crippen LogP contribution in [0.3, 0.4) is 0 Å². The van der Waals surface area contributed by atoms with Gasteiger partial charge < -0.3 is 5.32 Å². The SMILES string of the molecule is CCNCC1CCCN(S(=O)(=O)c2cc(Cl)c(Br)s2)C1. The molecule has 0 bridgehead atoms. The van der Waals surface area contributed by atoms with E-state index in [1.54, 1.807) is 4.31 Å². The molecule has 1 aromatic heterocycles. The first-order valence-corrected chi connectivity index (χ1v) is 10.0. The summed E-state index contributed by atoms with van der Waals surface area (Å²) in [4.78, 5) is 0. The molecule has 0 aromatic carbocycles. The third kappa shape index (κ3) is 3.75. The van der Waals surface area contributed by atoms with E-state index < -0.39 is 10.0 Å². The van der Waals surface area contributed by atoms with Crippen LogP contribution < -0.4 is 5.32 Å². The molecule has 2 rings (SSSR count). The van der Waals surface area contributed by atoms with Gasteiger partial charge >= 0.3 is 0 Å². The number of hydrogen-bond donors (Lipinski definition) is 1. The molecule has 1 aromatic rings. The molecule has 1 N–H and O–H groups in total. The Balaban J connectivity index is 2.12. The number of sulfonamides is 1. The van der Waals surface area contributed by atoms with Crippen molar-refractivity contribution in [3.05, 3.63) is 14.9 Å². The summed E-state index contributed by atoms with van der Waals surface area (Å²) in [6.45, 7) is 5.03. The summed E-state index contributed by atoms with van der Waals surface area (Å²) in [6, 6.07) is 1.53. The van der Waals surface area contributed by atoms with Crippen molar-refractivity contribution < 1.29 is 8.42 Å². The van der Waals surface area contributed by atoms with Gasteiger partial charge in [-0.3, -0.25) is 0 Å². The Morgan fingerprint density at radius 3 is 2.95 bits per heavy atom. The van der Waals surface area contributed by atoms with Gasteiger partial charge in [0, 0.05) is 13.1 Å². The van der Waals surface area contributed by atoms with Gasteiger partial charge in [0.25, 0.3) is 10.0 Å². The molecule has 1 atom stereocenters. The number of nitrogens with one attached hydrogen (secondary N) is 1. The first kappa shape index (κ1) is 16.7. The molecule has 0 radical (unpaired) electrons. The van der Waals surface area contributed by atoms with Crippen LogP contribution in [0.5, 0.6) is 0 Å². The van der Waals surface area contributed by atoms with Crippen LogP contribution in [0.15, 0.2) is 14.1 Å². The molecule has 0 spiro atoms. The molecule has 1 unspecified atom stereocenters. The Hall–Kier alpha value is 0.340. The van der Waals surface area contributed by atoms with Crippen molar-refractivity contribution in [3.8, 4) is 0 Å². The molecule has 8 heteroatoms. The molecule has 1 fully saturated rings. The van der Waals surface area contributed by atoms with Crippen LogP contribution in [0, 0.1) is 5.92 Å². The zero-order valence-electron chi connectivity index (χ0n) is 11.2. The van der Waals surface area contributed by atoms with Crippen molar-refractivity contribution in [3.63, 3.8) is 0 Å². The third-order valence-electron chi connectivity index (χ3n) is 3.38. The van der Waals surface area contributed by atoms with Crippen LogP contribution in [0.4, 0.5) is 0 Å². The van der Waals surface area contributed by atoms with Gasteiger partial charge in [-0.15, -0.1) is 11.3 Å². The summed E-state index contributed by atoms with van der Waals surface area (Å²) in [7, 11) is -3.41. The Kier molecular flexibility index (Phi) is 5.90. The lowest BCUT2D eigenvalue weighted by atomic mass is 10.00. The molecule has 1 aliphatic heterocycles. The van der Waals surface area contributed by atoms with Crippen molar-refractivity contribution in [2.24, 2.45) is 5.92 Å². The number of hydrogen-bond acceptors (Lipinski definition) is 4. The fourth-order valence-corrected chi connectivity index (χ4v) is 6.45. The minimum absolute atomic E-state index is 0.318. The number of rotatable bonds is 5. The minimum atomic E-state index is -3.41. The van der Waals surface area contributed by atoms with E-state index in [0.29, 0.717) is 32.0 Å². The molecule has 2 heterocycles. The van der Waals surface area contributed by atoms with E-state index in [1.807, 2.05) is 0 Å². The molecule has 4 nitrogen and oxygen atoms in total. The van der Waals surface area contributed by atoms with Gasteiger partial charge in [0.2, 0.25) is 0 Å². The number of nitrogens with zero attached hydrogens (tertiary/aromatic N) is 1. The molecule has 1 saturated heterocycles. The van der Waals surface area contributed by atoms with Crippen molar-refractivity contribution in [1.29, 1.82) is 0 Å². The van der Waals surface area contributed by atoms with Crippen LogP contribution in [-0.2, 0) is 10.0 Å². The number of halogens is 2. The lowest BCUT2D eigenvalue weighted by Crippen LogP contribution is -2.42. The highest BCUT2D eigenvalue weighted by Gasteiger charge is 2.31. The lowest BCUT2D eigenvalue weighted by molar-refractivity contribution is 0.261. The fourth-order valence-electron chi connectivity index (χ4n) is 2.34. The Bertz CT molecular complexity index is 542. The topological polar surface area (TPSA) is 49.4 Å². The van der Waals surface area contributed by atoms with Crippen molar-refractivity contribution in [2.75, 3.05) is 26.2 Å². The van der Waals surface area contributed by atoms with Crippen LogP contribution in [0.2, 0.25) is 5.02 Å². The molecule has 0 aliphatic carbocycles. The Morgan fingerprint density at radius 2 is 2.35 bits per heavy atom. The first-order chi connectivity index (χ1) is 9.45. The summed E-state index contributed by atoms with van der Waals surface area (Å²) in [5.74, 6) is 0.386. The van der Waals surface area contributed by atoms with Gasteiger partial charge in [-0.2, -0.15) is 4.31 Å². The average molecular weight is 402 g/mol. The van der Waals surface area contributed by atoms with Crippen LogP contribution in [0.25, 0.3) is 0 Å². The van der Waals surface area contributed by atoms with Gasteiger partial charge in [0.15, 0.2) is 0 Å². The second kappa shape index (κ2) is 7.07. The molecular formula is C12H18BrClN2O2S2. The average Bonchev–Trinajstić information content (AvgIpc) is 2.77. The summed E-state index contributed by atoms with van der Waals surface area (Å²) < 4.78 is 27.8. The van der Waals surface area contributed by atoms with Crippen molar-refractivity contribution >= 4 is 48.9 Å². The van der Waals surface area contributed by atoms with E-state index >= 15 is 0 Å². The van der Waals surface area contributed by atoms with E-state index in [4.69, 9.17) is 11.6 Å². The normalized spacial score (nSPS) is 21.2. The predicted octanol–water partition coefficient (Wildman–Crippen LogP) is 3.17. The third-order valence-corrected chi connectivity index (χ3v) is 8.17. The summed E-state index contributed by atoms with van der Waals surface area (Å²) in [6.07, 6.45) is 1.99. The largest absolute Gasteiger partial charge is 0.317 e. The highest BCUT2D eigenvalue weighted by molar-refractivity contribution is 9.11. The van der Waals surface area contributed by atoms with E-state index in [1.165, 1.54) is 17.4 Å². The van der Waals surface area contributed by atoms with Gasteiger partial charge in [0.1, 0.15) is 4.21 Å². The highest BCUT2D eigenvalue weighted by atomic mass is 79.9. The monoisotopic (exact) mass is 400 g/mol. The molecular weight excluding hydrogens is 384 g/mol. The zero-order valence-corrected chi connectivity index (χ0v) is 15.2. The predicted molar refractivity (Wildman–Crippen MR) is 87.1 cm³/mol. The van der Waals surface area contributed by atoms with Crippen LogP contribution in [-0.4, -0.2) is 38.9 Å². The zero-order chi connectivity index (χ0) is 14.8. The molecule has 0 amide bonds. The second-order valence-electron chi connectivity index (χ2n) is 4.87. The summed E-state index contributed by atoms with van der Waals surface area (Å²) >= 11 is 10.4. The maximum absolute atomic E-state index is 12.6. The Labute approximate surface area is 137 Å². The molecule has 1 aliphatic rings. The van der Waals surface area contributed by atoms with Crippen LogP contribution >= 0.6 is 38.9 Å². The van der Waals surface area contributed by atoms with E-state index in [-0.39, 0.29) is 0 Å². The second-order valence-corrected chi connectivity index (χ2v) is 9.81. The quantitative estimate of drug-likeness (QED) is 0.824. The highest BCUT2D eigenvalue weighted by Crippen LogP contribution is 2.36. The summed E-state index contributed by atoms with van der Waals surface area (Å²) in [5, 5.41) is 3.75. The molecule has 114 valence electrons. The Morgan fingerprint density at radius 1 is 1.60 bits per heavy atom. The van der Waals surface area contributed by atoms with Gasteiger partial charge in [-0.25, -0.2) is 8.42 Å². The number of piperidine rings is 1. The van der Waals surface area contributed by atoms with Gasteiger partial charge in [-0.1, -0.05) is 18.5 Å². The van der Waals surface area contributed by atoms with E-state index in [2.05, 4.69) is 28.2 Å². The van der Waals surface area contributed by atoms with Crippen molar-refractivity contribution in [2.45, 2.75) is 24.0 Å². The molecule has 0 saturated carbocycles. The molecule has 20 heavy (non-hydrogen) atoms. The van der Waals surface area contributed by atoms with Crippen molar-refractivity contribution in [1.82, 2.24) is 9.62 Å². The smallest absolute Gasteiger partial charge is 0.252 e. The lowest BCUT2D eigenvalue weighted by Gasteiger charge is -2.31. The first-order valence-electron chi connectivity index (χ1n) is 6.61. The summed E-state index contributed by atoms with van der Waals surface area (Å²) in [5.41, 5.74) is 0. The van der Waals surface area contributed by atoms with E-state index in [0.717, 1.165) is 25.9 Å². The standard InChI is InChI=1S/C12H18BrClN2O2S2/c1-2-15-7-9-4-3-5-16(8-9)20(17,18)11-6-10(14)12(13)19-11/h6,9,15H,2-5,7-8H2,1H3. The minimum Gasteiger partial charge on any atom is -0.317 e. The van der Waals surface area contributed by atoms with Crippen LogP contribution in [0.1, 0.15) is 19.8 Å². The number of thiophene rings is 1. The maximum atomic E-state index is 12.6. The van der Waals surface area contributed by atoms with Gasteiger partial charge in [0.05, 0.1) is 8.81 Å².